The van der Waals surface area contributed by atoms with E-state index in [1.807, 2.05) is 0 Å². The van der Waals surface area contributed by atoms with Gasteiger partial charge in [-0.3, -0.25) is 12.2 Å². The molecule has 0 atom stereocenters. The first-order valence-corrected chi connectivity index (χ1v) is 38.5. The fourth-order valence-electron chi connectivity index (χ4n) is 13.4. The van der Waals surface area contributed by atoms with Crippen LogP contribution in [0.5, 0.6) is 0 Å². The van der Waals surface area contributed by atoms with Crippen LogP contribution in [0.25, 0.3) is 22.3 Å². The molecule has 4 heteroatoms. The van der Waals surface area contributed by atoms with E-state index >= 15 is 0 Å². The second-order valence-corrected chi connectivity index (χ2v) is 35.9. The van der Waals surface area contributed by atoms with Gasteiger partial charge in [0, 0.05) is 0 Å². The maximum absolute atomic E-state index is 3.69. The van der Waals surface area contributed by atoms with Crippen LogP contribution in [-0.4, -0.2) is 6.41 Å². The zero-order valence-electron chi connectivity index (χ0n) is 66.0. The molecule has 4 aliphatic carbocycles. The Morgan fingerprint density at radius 2 is 0.600 bits per heavy atom. The minimum absolute atomic E-state index is 0. The van der Waals surface area contributed by atoms with Gasteiger partial charge < -0.3 is 24.8 Å². The molecule has 8 aromatic rings. The molecule has 12 rings (SSSR count). The molecule has 4 aliphatic rings. The molecule has 100 heavy (non-hydrogen) atoms. The van der Waals surface area contributed by atoms with Crippen molar-refractivity contribution in [2.75, 3.05) is 0 Å². The van der Waals surface area contributed by atoms with Gasteiger partial charge in [-0.1, -0.05) is 185 Å². The van der Waals surface area contributed by atoms with E-state index in [4.69, 9.17) is 0 Å². The van der Waals surface area contributed by atoms with Crippen molar-refractivity contribution >= 4 is 6.41 Å². The first-order valence-electron chi connectivity index (χ1n) is 36.1. The van der Waals surface area contributed by atoms with Gasteiger partial charge in [-0.15, -0.1) is 46.2 Å². The smallest absolute Gasteiger partial charge is 1.00 e. The summed E-state index contributed by atoms with van der Waals surface area (Å²) in [6, 6.07) is 56.9. The fraction of sp³-hybridized carbons (Fsp3) is 0.396. The van der Waals surface area contributed by atoms with Crippen LogP contribution in [0.4, 0.5) is 0 Å². The normalized spacial score (nSPS) is 13.2. The number of halogens is 2. The summed E-state index contributed by atoms with van der Waals surface area (Å²) < 4.78 is 2.85. The Morgan fingerprint density at radius 1 is 0.350 bits per heavy atom. The molecular weight excluding hydrogens is 1410 g/mol. The molecule has 0 saturated heterocycles. The molecular formula is C96H116Cl2Zr2-2. The average Bonchev–Trinajstić information content (AvgIpc) is 1.66. The summed E-state index contributed by atoms with van der Waals surface area (Å²) in [7, 11) is 0. The van der Waals surface area contributed by atoms with Crippen molar-refractivity contribution in [2.45, 2.75) is 240 Å². The number of benzene rings is 8. The second-order valence-electron chi connectivity index (χ2n) is 33.5. The molecule has 0 fully saturated rings. The van der Waals surface area contributed by atoms with Crippen molar-refractivity contribution in [3.8, 4) is 22.3 Å². The standard InChI is InChI=1S/2C23H29.2C15H14.2C10H15.2ClH.2Zr/c2*1-14-9-16-11-17-10-15(2)21(23(6,7)8)13-19(17)18(16)12-20(14)22(3,4)5;2*1-12-3-7-14(8-4-12)11-15-9-5-13(2)6-10-15;2*1-4-10(2,3)9-7-5-6-8-9;;;;/h2*9,12-13H,11H2,1-8H3;2*3-10H,1-2H3;2*5,7H,4,6H2,1-3H3;2*1H;;/q2*-1;;;2*-1;;;2*+2/p-2. The van der Waals surface area contributed by atoms with Crippen LogP contribution in [0, 0.1) is 90.5 Å². The monoisotopic (exact) mass is 1520 g/mol. The van der Waals surface area contributed by atoms with E-state index in [9.17, 15) is 0 Å². The van der Waals surface area contributed by atoms with E-state index in [0.29, 0.717) is 10.8 Å². The van der Waals surface area contributed by atoms with E-state index < -0.39 is 0 Å². The maximum Gasteiger partial charge on any atom is -1.00 e. The molecule has 8 aromatic carbocycles. The third kappa shape index (κ3) is 22.4. The number of aryl methyl sites for hydroxylation is 8. The summed E-state index contributed by atoms with van der Waals surface area (Å²) in [6.07, 6.45) is 21.9. The Kier molecular flexibility index (Phi) is 30.4. The van der Waals surface area contributed by atoms with Crippen molar-refractivity contribution in [2.24, 2.45) is 10.8 Å². The molecule has 0 spiro atoms. The van der Waals surface area contributed by atoms with Crippen LogP contribution >= 0.6 is 0 Å². The Hall–Kier alpha value is -5.19. The minimum atomic E-state index is 0. The van der Waals surface area contributed by atoms with Gasteiger partial charge in [0.15, 0.2) is 0 Å². The summed E-state index contributed by atoms with van der Waals surface area (Å²) in [5.74, 6) is 0. The molecule has 0 aliphatic heterocycles. The van der Waals surface area contributed by atoms with Gasteiger partial charge in [0.25, 0.3) is 0 Å². The predicted molar refractivity (Wildman–Crippen MR) is 421 cm³/mol. The van der Waals surface area contributed by atoms with Gasteiger partial charge in [-0.25, -0.2) is 23.3 Å². The first-order chi connectivity index (χ1) is 45.6. The average molecular weight is 1520 g/mol. The van der Waals surface area contributed by atoms with E-state index in [2.05, 4.69) is 362 Å². The van der Waals surface area contributed by atoms with Gasteiger partial charge in [0.05, 0.1) is 0 Å². The predicted octanol–water partition coefficient (Wildman–Crippen LogP) is 19.6. The van der Waals surface area contributed by atoms with Gasteiger partial charge in [0.1, 0.15) is 0 Å². The zero-order valence-corrected chi connectivity index (χ0v) is 72.4. The maximum atomic E-state index is 3.69. The number of hydrogen-bond acceptors (Lipinski definition) is 0. The van der Waals surface area contributed by atoms with Crippen LogP contribution in [0.1, 0.15) is 262 Å². The van der Waals surface area contributed by atoms with Crippen LogP contribution < -0.4 is 24.8 Å². The summed E-state index contributed by atoms with van der Waals surface area (Å²) in [4.78, 5) is 0. The number of hydrogen-bond donors (Lipinski definition) is 0. The van der Waals surface area contributed by atoms with Gasteiger partial charge in [-0.2, -0.15) is 47.5 Å². The molecule has 0 heterocycles. The van der Waals surface area contributed by atoms with E-state index in [1.54, 1.807) is 0 Å². The van der Waals surface area contributed by atoms with Gasteiger partial charge >= 0.3 is 224 Å². The van der Waals surface area contributed by atoms with Crippen molar-refractivity contribution < 1.29 is 73.3 Å². The first kappa shape index (κ1) is 85.5. The third-order valence-electron chi connectivity index (χ3n) is 20.1. The molecule has 0 nitrogen and oxygen atoms in total. The largest absolute Gasteiger partial charge is 1.00 e. The van der Waals surface area contributed by atoms with Gasteiger partial charge in [0.2, 0.25) is 0 Å². The number of allylic oxidation sites excluding steroid dienone is 8. The topological polar surface area (TPSA) is 0 Å². The van der Waals surface area contributed by atoms with E-state index in [1.165, 1.54) is 212 Å². The Bertz CT molecular complexity index is 3750. The van der Waals surface area contributed by atoms with E-state index in [0.717, 1.165) is 25.7 Å². The summed E-state index contributed by atoms with van der Waals surface area (Å²) in [5, 5.41) is 0. The summed E-state index contributed by atoms with van der Waals surface area (Å²) >= 11 is 2.93. The molecule has 0 unspecified atom stereocenters. The van der Waals surface area contributed by atoms with Crippen LogP contribution in [-0.2, 0) is 83.0 Å². The van der Waals surface area contributed by atoms with Crippen molar-refractivity contribution in [3.05, 3.63) is 304 Å². The Balaban J connectivity index is 0.000000221. The van der Waals surface area contributed by atoms with Gasteiger partial charge in [-0.05, 0) is 94.6 Å². The van der Waals surface area contributed by atoms with Crippen LogP contribution in [0.3, 0.4) is 0 Å². The van der Waals surface area contributed by atoms with Crippen molar-refractivity contribution in [3.63, 3.8) is 0 Å². The Morgan fingerprint density at radius 3 is 0.820 bits per heavy atom. The number of fused-ring (bicyclic) bond motifs is 6. The SMILES string of the molecule is CCC(C)(C)C1=[C-]CC=C1.CCC(C)(C)C1=[C-]CC=C1.Cc1[c-]c2c(cc1C(C)(C)C)-c1cc(C(C)(C)C)c(C)cc1C2.Cc1[c-]c2c(cc1C(C)(C)C)-c1cc(C(C)(C)C)c(C)cc1C2.Cc1ccc([C](=[Zr+2])c2ccc(C)cc2)cc1.Cc1ccc([C](=[Zr+2])c2ccc(C)cc2)cc1.[Cl-].[Cl-]. The van der Waals surface area contributed by atoms with Crippen molar-refractivity contribution in [1.29, 1.82) is 0 Å². The molecule has 0 saturated carbocycles. The van der Waals surface area contributed by atoms with Crippen molar-refractivity contribution in [1.82, 2.24) is 0 Å². The quantitative estimate of drug-likeness (QED) is 0.133. The number of rotatable bonds is 8. The van der Waals surface area contributed by atoms with E-state index in [-0.39, 0.29) is 46.5 Å². The molecule has 0 bridgehead atoms. The zero-order chi connectivity index (χ0) is 72.6. The minimum Gasteiger partial charge on any atom is -1.00 e. The molecule has 0 amide bonds. The second kappa shape index (κ2) is 35.5. The fourth-order valence-corrected chi connectivity index (χ4v) is 15.0. The molecule has 524 valence electrons. The molecule has 0 aromatic heterocycles. The third-order valence-corrected chi connectivity index (χ3v) is 23.0. The van der Waals surface area contributed by atoms with Crippen LogP contribution in [0.2, 0.25) is 0 Å². The molecule has 0 radical (unpaired) electrons. The molecule has 0 N–H and O–H groups in total. The summed E-state index contributed by atoms with van der Waals surface area (Å²) in [6.45, 7) is 58.5. The summed E-state index contributed by atoms with van der Waals surface area (Å²) in [5.41, 5.74) is 37.3. The Labute approximate surface area is 651 Å². The van der Waals surface area contributed by atoms with Crippen LogP contribution in [0.15, 0.2) is 169 Å².